The van der Waals surface area contributed by atoms with Crippen LogP contribution in [0.25, 0.3) is 0 Å². The Balaban J connectivity index is 1.67. The van der Waals surface area contributed by atoms with Crippen LogP contribution in [0.4, 0.5) is 10.5 Å². The van der Waals surface area contributed by atoms with Crippen LogP contribution < -0.4 is 10.1 Å². The van der Waals surface area contributed by atoms with E-state index in [4.69, 9.17) is 16.3 Å². The summed E-state index contributed by atoms with van der Waals surface area (Å²) in [4.78, 5) is 18.4. The molecule has 2 atom stereocenters. The van der Waals surface area contributed by atoms with Crippen molar-refractivity contribution in [3.05, 3.63) is 47.6 Å². The number of hydrogen-bond donors (Lipinski definition) is 1. The Bertz CT molecular complexity index is 818. The monoisotopic (exact) mass is 393 g/mol. The van der Waals surface area contributed by atoms with E-state index >= 15 is 0 Å². The van der Waals surface area contributed by atoms with Crippen molar-refractivity contribution >= 4 is 34.1 Å². The van der Waals surface area contributed by atoms with E-state index in [1.807, 2.05) is 19.1 Å². The molecule has 0 aliphatic carbocycles. The zero-order valence-electron chi connectivity index (χ0n) is 14.4. The molecule has 0 spiro atoms. The van der Waals surface area contributed by atoms with Crippen LogP contribution in [0.15, 0.2) is 42.6 Å². The summed E-state index contributed by atoms with van der Waals surface area (Å²) in [5.41, 5.74) is 0.574. The average Bonchev–Trinajstić information content (AvgIpc) is 2.77. The van der Waals surface area contributed by atoms with E-state index in [0.717, 1.165) is 0 Å². The number of amides is 2. The van der Waals surface area contributed by atoms with Crippen molar-refractivity contribution in [2.75, 3.05) is 29.9 Å². The summed E-state index contributed by atoms with van der Waals surface area (Å²) in [6.45, 7) is 3.08. The van der Waals surface area contributed by atoms with E-state index in [-0.39, 0.29) is 11.9 Å². The SMILES string of the molecule is CC1CN(C(=O)Nc2ccnc(Oc3ccccc3Cl)c2)CCS(=O)C1. The van der Waals surface area contributed by atoms with Crippen molar-refractivity contribution < 1.29 is 13.7 Å². The number of anilines is 1. The number of hydrogen-bond acceptors (Lipinski definition) is 4. The molecule has 0 saturated carbocycles. The molecule has 1 aliphatic rings. The molecule has 2 amide bonds. The van der Waals surface area contributed by atoms with Gasteiger partial charge in [0.05, 0.1) is 5.02 Å². The second-order valence-electron chi connectivity index (χ2n) is 6.21. The van der Waals surface area contributed by atoms with Crippen LogP contribution in [0.1, 0.15) is 6.92 Å². The molecular weight excluding hydrogens is 374 g/mol. The first-order valence-electron chi connectivity index (χ1n) is 8.30. The maximum atomic E-state index is 12.5. The number of aromatic nitrogens is 1. The predicted octanol–water partition coefficient (Wildman–Crippen LogP) is 3.76. The highest BCUT2D eigenvalue weighted by atomic mass is 35.5. The van der Waals surface area contributed by atoms with Gasteiger partial charge >= 0.3 is 6.03 Å². The minimum Gasteiger partial charge on any atom is -0.437 e. The standard InChI is InChI=1S/C18H20ClN3O3S/c1-13-11-22(8-9-26(24)12-13)18(23)21-14-6-7-20-17(10-14)25-16-5-3-2-4-15(16)19/h2-7,10,13H,8-9,11-12H2,1H3,(H,20,21,23). The van der Waals surface area contributed by atoms with E-state index in [1.165, 1.54) is 0 Å². The molecule has 26 heavy (non-hydrogen) atoms. The minimum atomic E-state index is -0.864. The van der Waals surface area contributed by atoms with Gasteiger partial charge in [0.25, 0.3) is 0 Å². The van der Waals surface area contributed by atoms with Gasteiger partial charge in [-0.25, -0.2) is 9.78 Å². The van der Waals surface area contributed by atoms with Crippen LogP contribution in [-0.2, 0) is 10.8 Å². The molecule has 2 unspecified atom stereocenters. The van der Waals surface area contributed by atoms with E-state index in [0.29, 0.717) is 46.9 Å². The third kappa shape index (κ3) is 4.95. The molecule has 2 aromatic rings. The largest absolute Gasteiger partial charge is 0.437 e. The third-order valence-corrected chi connectivity index (χ3v) is 5.81. The Morgan fingerprint density at radius 2 is 2.19 bits per heavy atom. The molecule has 138 valence electrons. The third-order valence-electron chi connectivity index (χ3n) is 3.92. The van der Waals surface area contributed by atoms with Crippen LogP contribution in [0.3, 0.4) is 0 Å². The lowest BCUT2D eigenvalue weighted by atomic mass is 10.2. The summed E-state index contributed by atoms with van der Waals surface area (Å²) in [7, 11) is -0.864. The van der Waals surface area contributed by atoms with Gasteiger partial charge in [-0.15, -0.1) is 0 Å². The molecule has 6 nitrogen and oxygen atoms in total. The van der Waals surface area contributed by atoms with E-state index in [1.54, 1.807) is 35.4 Å². The number of para-hydroxylation sites is 1. The number of halogens is 1. The molecule has 1 saturated heterocycles. The van der Waals surface area contributed by atoms with Crippen LogP contribution >= 0.6 is 11.6 Å². The first kappa shape index (κ1) is 18.7. The van der Waals surface area contributed by atoms with E-state index in [2.05, 4.69) is 10.3 Å². The fourth-order valence-electron chi connectivity index (χ4n) is 2.70. The summed E-state index contributed by atoms with van der Waals surface area (Å²) < 4.78 is 17.5. The van der Waals surface area contributed by atoms with Gasteiger partial charge in [0, 0.05) is 53.3 Å². The lowest BCUT2D eigenvalue weighted by molar-refractivity contribution is 0.210. The fourth-order valence-corrected chi connectivity index (χ4v) is 4.21. The molecule has 8 heteroatoms. The summed E-state index contributed by atoms with van der Waals surface area (Å²) >= 11 is 6.09. The van der Waals surface area contributed by atoms with Crippen molar-refractivity contribution in [1.29, 1.82) is 0 Å². The Morgan fingerprint density at radius 1 is 1.38 bits per heavy atom. The van der Waals surface area contributed by atoms with Gasteiger partial charge in [-0.3, -0.25) is 4.21 Å². The van der Waals surface area contributed by atoms with Gasteiger partial charge in [-0.05, 0) is 24.1 Å². The molecule has 1 aromatic heterocycles. The molecule has 3 rings (SSSR count). The molecule has 1 aliphatic heterocycles. The van der Waals surface area contributed by atoms with Gasteiger partial charge in [-0.1, -0.05) is 30.7 Å². The number of nitrogens with zero attached hydrogens (tertiary/aromatic N) is 2. The van der Waals surface area contributed by atoms with Crippen molar-refractivity contribution in [2.24, 2.45) is 5.92 Å². The Labute approximate surface area is 160 Å². The maximum absolute atomic E-state index is 12.5. The average molecular weight is 394 g/mol. The van der Waals surface area contributed by atoms with Crippen LogP contribution in [0.5, 0.6) is 11.6 Å². The molecule has 0 radical (unpaired) electrons. The normalized spacial score (nSPS) is 20.3. The fraction of sp³-hybridized carbons (Fsp3) is 0.333. The van der Waals surface area contributed by atoms with E-state index in [9.17, 15) is 9.00 Å². The number of rotatable bonds is 3. The highest BCUT2D eigenvalue weighted by Crippen LogP contribution is 2.28. The highest BCUT2D eigenvalue weighted by molar-refractivity contribution is 7.85. The van der Waals surface area contributed by atoms with Gasteiger partial charge in [0.2, 0.25) is 5.88 Å². The first-order valence-corrected chi connectivity index (χ1v) is 10.2. The van der Waals surface area contributed by atoms with Crippen LogP contribution in [0.2, 0.25) is 5.02 Å². The summed E-state index contributed by atoms with van der Waals surface area (Å²) in [6, 6.07) is 10.2. The highest BCUT2D eigenvalue weighted by Gasteiger charge is 2.22. The number of benzene rings is 1. The van der Waals surface area contributed by atoms with Crippen molar-refractivity contribution in [3.8, 4) is 11.6 Å². The predicted molar refractivity (Wildman–Crippen MR) is 103 cm³/mol. The van der Waals surface area contributed by atoms with Gasteiger partial charge in [-0.2, -0.15) is 0 Å². The minimum absolute atomic E-state index is 0.209. The number of carbonyl (C=O) groups excluding carboxylic acids is 1. The summed E-state index contributed by atoms with van der Waals surface area (Å²) in [6.07, 6.45) is 1.56. The lowest BCUT2D eigenvalue weighted by Crippen LogP contribution is -2.38. The number of carbonyl (C=O) groups is 1. The van der Waals surface area contributed by atoms with Gasteiger partial charge < -0.3 is 15.0 Å². The zero-order chi connectivity index (χ0) is 18.5. The lowest BCUT2D eigenvalue weighted by Gasteiger charge is -2.22. The number of urea groups is 1. The van der Waals surface area contributed by atoms with Gasteiger partial charge in [0.1, 0.15) is 5.75 Å². The Kier molecular flexibility index (Phi) is 6.11. The molecule has 1 fully saturated rings. The first-order chi connectivity index (χ1) is 12.5. The quantitative estimate of drug-likeness (QED) is 0.861. The molecule has 1 aromatic carbocycles. The van der Waals surface area contributed by atoms with Gasteiger partial charge in [0.15, 0.2) is 0 Å². The van der Waals surface area contributed by atoms with Crippen LogP contribution in [0, 0.1) is 5.92 Å². The molecular formula is C18H20ClN3O3S. The second-order valence-corrected chi connectivity index (χ2v) is 8.24. The van der Waals surface area contributed by atoms with Crippen LogP contribution in [-0.4, -0.2) is 44.7 Å². The maximum Gasteiger partial charge on any atom is 0.321 e. The molecule has 1 N–H and O–H groups in total. The molecule has 0 bridgehead atoms. The van der Waals surface area contributed by atoms with E-state index < -0.39 is 10.8 Å². The van der Waals surface area contributed by atoms with Crippen molar-refractivity contribution in [2.45, 2.75) is 6.92 Å². The number of pyridine rings is 1. The topological polar surface area (TPSA) is 71.5 Å². The smallest absolute Gasteiger partial charge is 0.321 e. The molecule has 2 heterocycles. The van der Waals surface area contributed by atoms with Crippen molar-refractivity contribution in [3.63, 3.8) is 0 Å². The Morgan fingerprint density at radius 3 is 3.00 bits per heavy atom. The van der Waals surface area contributed by atoms with Crippen molar-refractivity contribution in [1.82, 2.24) is 9.88 Å². The number of nitrogens with one attached hydrogen (secondary N) is 1. The summed E-state index contributed by atoms with van der Waals surface area (Å²) in [5.74, 6) is 2.18. The summed E-state index contributed by atoms with van der Waals surface area (Å²) in [5, 5.41) is 3.33. The number of ether oxygens (including phenoxy) is 1. The Hall–Kier alpha value is -2.12. The zero-order valence-corrected chi connectivity index (χ0v) is 15.9. The second kappa shape index (κ2) is 8.51.